The van der Waals surface area contributed by atoms with Crippen molar-refractivity contribution in [2.45, 2.75) is 32.0 Å². The number of hydrogen-bond acceptors (Lipinski definition) is 3. The standard InChI is InChI=1S/C17H21FN4/c18-10-12-22-17(19-14-20-22)13-21-11-4-7-16(21)9-8-15-5-2-1-3-6-15/h1-3,5-6,8-9,14,16H,4,7,10-13H2. The molecule has 1 aliphatic rings. The smallest absolute Gasteiger partial charge is 0.141 e. The van der Waals surface area contributed by atoms with E-state index >= 15 is 0 Å². The molecule has 116 valence electrons. The topological polar surface area (TPSA) is 34.0 Å². The Bertz CT molecular complexity index is 608. The molecule has 1 saturated heterocycles. The molecule has 1 aliphatic heterocycles. The largest absolute Gasteiger partial charge is 0.289 e. The van der Waals surface area contributed by atoms with Crippen LogP contribution in [0.2, 0.25) is 0 Å². The Kier molecular flexibility index (Phi) is 4.96. The van der Waals surface area contributed by atoms with Crippen LogP contribution in [0.5, 0.6) is 0 Å². The lowest BCUT2D eigenvalue weighted by Crippen LogP contribution is -2.29. The fraction of sp³-hybridized carbons (Fsp3) is 0.412. The minimum atomic E-state index is -0.409. The van der Waals surface area contributed by atoms with Crippen molar-refractivity contribution < 1.29 is 4.39 Å². The van der Waals surface area contributed by atoms with Crippen molar-refractivity contribution >= 4 is 6.08 Å². The highest BCUT2D eigenvalue weighted by molar-refractivity contribution is 5.49. The number of likely N-dealkylation sites (tertiary alicyclic amines) is 1. The van der Waals surface area contributed by atoms with Crippen LogP contribution in [0.3, 0.4) is 0 Å². The summed E-state index contributed by atoms with van der Waals surface area (Å²) < 4.78 is 14.2. The fourth-order valence-electron chi connectivity index (χ4n) is 2.91. The lowest BCUT2D eigenvalue weighted by molar-refractivity contribution is 0.266. The van der Waals surface area contributed by atoms with Gasteiger partial charge in [-0.25, -0.2) is 14.1 Å². The van der Waals surface area contributed by atoms with Crippen LogP contribution in [0.4, 0.5) is 4.39 Å². The predicted molar refractivity (Wildman–Crippen MR) is 84.9 cm³/mol. The lowest BCUT2D eigenvalue weighted by atomic mass is 10.1. The molecule has 1 atom stereocenters. The zero-order chi connectivity index (χ0) is 15.2. The van der Waals surface area contributed by atoms with Crippen molar-refractivity contribution in [1.82, 2.24) is 19.7 Å². The summed E-state index contributed by atoms with van der Waals surface area (Å²) in [4.78, 5) is 6.66. The first-order valence-electron chi connectivity index (χ1n) is 7.77. The summed E-state index contributed by atoms with van der Waals surface area (Å²) in [6.07, 6.45) is 8.28. The quantitative estimate of drug-likeness (QED) is 0.822. The molecule has 0 aliphatic carbocycles. The molecule has 0 amide bonds. The van der Waals surface area contributed by atoms with E-state index < -0.39 is 6.67 Å². The molecule has 1 aromatic carbocycles. The van der Waals surface area contributed by atoms with Gasteiger partial charge >= 0.3 is 0 Å². The normalized spacial score (nSPS) is 19.2. The van der Waals surface area contributed by atoms with Crippen molar-refractivity contribution in [2.75, 3.05) is 13.2 Å². The van der Waals surface area contributed by atoms with E-state index in [0.717, 1.165) is 25.3 Å². The van der Waals surface area contributed by atoms with Gasteiger partial charge < -0.3 is 0 Å². The number of alkyl halides is 1. The van der Waals surface area contributed by atoms with Gasteiger partial charge in [-0.2, -0.15) is 5.10 Å². The van der Waals surface area contributed by atoms with Crippen LogP contribution in [0, 0.1) is 0 Å². The summed E-state index contributed by atoms with van der Waals surface area (Å²) in [5.41, 5.74) is 1.22. The maximum absolute atomic E-state index is 12.5. The average Bonchev–Trinajstić information content (AvgIpc) is 3.17. The average molecular weight is 300 g/mol. The van der Waals surface area contributed by atoms with Gasteiger partial charge in [-0.1, -0.05) is 42.5 Å². The first-order chi connectivity index (χ1) is 10.9. The molecular weight excluding hydrogens is 279 g/mol. The van der Waals surface area contributed by atoms with Gasteiger partial charge in [0.05, 0.1) is 13.1 Å². The Morgan fingerprint density at radius 2 is 2.14 bits per heavy atom. The van der Waals surface area contributed by atoms with Crippen molar-refractivity contribution in [3.8, 4) is 0 Å². The highest BCUT2D eigenvalue weighted by Crippen LogP contribution is 2.21. The Balaban J connectivity index is 1.65. The van der Waals surface area contributed by atoms with E-state index in [1.807, 2.05) is 18.2 Å². The predicted octanol–water partition coefficient (Wildman–Crippen LogP) is 2.93. The molecule has 0 N–H and O–H groups in total. The second-order valence-electron chi connectivity index (χ2n) is 5.54. The van der Waals surface area contributed by atoms with Gasteiger partial charge in [0, 0.05) is 6.04 Å². The number of aromatic nitrogens is 3. The minimum Gasteiger partial charge on any atom is -0.289 e. The van der Waals surface area contributed by atoms with Crippen LogP contribution in [-0.2, 0) is 13.1 Å². The third kappa shape index (κ3) is 3.60. The summed E-state index contributed by atoms with van der Waals surface area (Å²) in [5.74, 6) is 0.845. The van der Waals surface area contributed by atoms with Crippen LogP contribution in [-0.4, -0.2) is 38.9 Å². The van der Waals surface area contributed by atoms with Crippen molar-refractivity contribution in [1.29, 1.82) is 0 Å². The van der Waals surface area contributed by atoms with Crippen LogP contribution in [0.1, 0.15) is 24.2 Å². The SMILES string of the molecule is FCCn1ncnc1CN1CCCC1C=Cc1ccccc1. The second-order valence-corrected chi connectivity index (χ2v) is 5.54. The number of benzene rings is 1. The third-order valence-electron chi connectivity index (χ3n) is 4.06. The molecule has 1 unspecified atom stereocenters. The van der Waals surface area contributed by atoms with Gasteiger partial charge in [-0.15, -0.1) is 0 Å². The Labute approximate surface area is 130 Å². The van der Waals surface area contributed by atoms with Crippen LogP contribution in [0.25, 0.3) is 6.08 Å². The number of nitrogens with zero attached hydrogens (tertiary/aromatic N) is 4. The maximum atomic E-state index is 12.5. The number of hydrogen-bond donors (Lipinski definition) is 0. The molecule has 1 aromatic heterocycles. The van der Waals surface area contributed by atoms with Gasteiger partial charge in [-0.3, -0.25) is 4.90 Å². The van der Waals surface area contributed by atoms with Gasteiger partial charge in [0.1, 0.15) is 18.8 Å². The number of halogens is 1. The van der Waals surface area contributed by atoms with Crippen LogP contribution >= 0.6 is 0 Å². The highest BCUT2D eigenvalue weighted by Gasteiger charge is 2.23. The van der Waals surface area contributed by atoms with E-state index in [2.05, 4.69) is 39.3 Å². The molecule has 2 aromatic rings. The lowest BCUT2D eigenvalue weighted by Gasteiger charge is -2.21. The molecule has 0 bridgehead atoms. The van der Waals surface area contributed by atoms with E-state index in [1.165, 1.54) is 18.3 Å². The third-order valence-corrected chi connectivity index (χ3v) is 4.06. The highest BCUT2D eigenvalue weighted by atomic mass is 19.1. The molecular formula is C17H21FN4. The second kappa shape index (κ2) is 7.31. The Hall–Kier alpha value is -2.01. The van der Waals surface area contributed by atoms with Crippen molar-refractivity contribution in [3.05, 3.63) is 54.1 Å². The zero-order valence-electron chi connectivity index (χ0n) is 12.6. The van der Waals surface area contributed by atoms with E-state index in [9.17, 15) is 4.39 Å². The molecule has 5 heteroatoms. The van der Waals surface area contributed by atoms with E-state index in [4.69, 9.17) is 0 Å². The zero-order valence-corrected chi connectivity index (χ0v) is 12.6. The van der Waals surface area contributed by atoms with Gasteiger partial charge in [0.2, 0.25) is 0 Å². The molecule has 3 rings (SSSR count). The Morgan fingerprint density at radius 3 is 2.95 bits per heavy atom. The van der Waals surface area contributed by atoms with Crippen LogP contribution in [0.15, 0.2) is 42.7 Å². The number of rotatable bonds is 6. The molecule has 0 spiro atoms. The summed E-state index contributed by atoms with van der Waals surface area (Å²) in [7, 11) is 0. The molecule has 22 heavy (non-hydrogen) atoms. The van der Waals surface area contributed by atoms with Gasteiger partial charge in [0.25, 0.3) is 0 Å². The molecule has 0 radical (unpaired) electrons. The van der Waals surface area contributed by atoms with Gasteiger partial charge in [0.15, 0.2) is 0 Å². The summed E-state index contributed by atoms with van der Waals surface area (Å²) in [6.45, 7) is 1.65. The summed E-state index contributed by atoms with van der Waals surface area (Å²) >= 11 is 0. The first-order valence-corrected chi connectivity index (χ1v) is 7.77. The van der Waals surface area contributed by atoms with Crippen LogP contribution < -0.4 is 0 Å². The maximum Gasteiger partial charge on any atom is 0.141 e. The fourth-order valence-corrected chi connectivity index (χ4v) is 2.91. The molecule has 1 fully saturated rings. The van der Waals surface area contributed by atoms with Gasteiger partial charge in [-0.05, 0) is 24.9 Å². The number of aryl methyl sites for hydroxylation is 1. The van der Waals surface area contributed by atoms with E-state index in [0.29, 0.717) is 6.04 Å². The van der Waals surface area contributed by atoms with Crippen molar-refractivity contribution in [2.24, 2.45) is 0 Å². The van der Waals surface area contributed by atoms with Crippen molar-refractivity contribution in [3.63, 3.8) is 0 Å². The van der Waals surface area contributed by atoms with E-state index in [1.54, 1.807) is 4.68 Å². The summed E-state index contributed by atoms with van der Waals surface area (Å²) in [6, 6.07) is 10.7. The Morgan fingerprint density at radius 1 is 1.27 bits per heavy atom. The first kappa shape index (κ1) is 14.9. The monoisotopic (exact) mass is 300 g/mol. The minimum absolute atomic E-state index is 0.285. The molecule has 4 nitrogen and oxygen atoms in total. The summed E-state index contributed by atoms with van der Waals surface area (Å²) in [5, 5.41) is 4.09. The molecule has 0 saturated carbocycles. The molecule has 2 heterocycles. The van der Waals surface area contributed by atoms with E-state index in [-0.39, 0.29) is 6.54 Å².